The maximum atomic E-state index is 10.1. The van der Waals surface area contributed by atoms with E-state index >= 15 is 0 Å². The smallest absolute Gasteiger partial charge is 0.176 e. The number of nitriles is 1. The van der Waals surface area contributed by atoms with E-state index in [-0.39, 0.29) is 0 Å². The SMILES string of the molecule is CC1CCC(O)(C#N)c2ccccc21. The molecule has 1 N–H and O–H groups in total. The summed E-state index contributed by atoms with van der Waals surface area (Å²) in [7, 11) is 0. The Kier molecular flexibility index (Phi) is 2.05. The molecule has 1 aromatic carbocycles. The van der Waals surface area contributed by atoms with Crippen molar-refractivity contribution in [1.29, 1.82) is 5.26 Å². The average Bonchev–Trinajstić information content (AvgIpc) is 2.24. The van der Waals surface area contributed by atoms with Crippen molar-refractivity contribution in [2.75, 3.05) is 0 Å². The minimum atomic E-state index is -1.26. The summed E-state index contributed by atoms with van der Waals surface area (Å²) in [6, 6.07) is 9.70. The molecule has 1 aliphatic carbocycles. The first-order chi connectivity index (χ1) is 6.67. The summed E-state index contributed by atoms with van der Waals surface area (Å²) in [6.45, 7) is 2.13. The molecule has 2 unspecified atom stereocenters. The second-order valence-electron chi connectivity index (χ2n) is 4.00. The Bertz CT molecular complexity index is 394. The molecule has 0 saturated carbocycles. The Morgan fingerprint density at radius 2 is 2.21 bits per heavy atom. The van der Waals surface area contributed by atoms with Gasteiger partial charge in [0.2, 0.25) is 0 Å². The van der Waals surface area contributed by atoms with E-state index in [2.05, 4.69) is 6.92 Å². The van der Waals surface area contributed by atoms with Gasteiger partial charge in [0.25, 0.3) is 0 Å². The van der Waals surface area contributed by atoms with Crippen molar-refractivity contribution in [3.63, 3.8) is 0 Å². The zero-order valence-corrected chi connectivity index (χ0v) is 8.20. The Balaban J connectivity index is 2.59. The van der Waals surface area contributed by atoms with Crippen LogP contribution in [0.2, 0.25) is 0 Å². The maximum Gasteiger partial charge on any atom is 0.176 e. The Labute approximate surface area is 83.8 Å². The largest absolute Gasteiger partial charge is 0.371 e. The molecule has 0 radical (unpaired) electrons. The van der Waals surface area contributed by atoms with Crippen LogP contribution in [0.25, 0.3) is 0 Å². The first-order valence-corrected chi connectivity index (χ1v) is 4.90. The van der Waals surface area contributed by atoms with E-state index in [9.17, 15) is 5.11 Å². The predicted molar refractivity (Wildman–Crippen MR) is 53.6 cm³/mol. The normalized spacial score (nSPS) is 30.5. The summed E-state index contributed by atoms with van der Waals surface area (Å²) in [5.74, 6) is 0.444. The molecule has 0 bridgehead atoms. The van der Waals surface area contributed by atoms with Crippen LogP contribution in [0.4, 0.5) is 0 Å². The first-order valence-electron chi connectivity index (χ1n) is 4.90. The molecular weight excluding hydrogens is 174 g/mol. The highest BCUT2D eigenvalue weighted by molar-refractivity contribution is 5.40. The van der Waals surface area contributed by atoms with Crippen LogP contribution in [0, 0.1) is 11.3 Å². The lowest BCUT2D eigenvalue weighted by Crippen LogP contribution is -2.29. The number of nitrogens with zero attached hydrogens (tertiary/aromatic N) is 1. The van der Waals surface area contributed by atoms with E-state index < -0.39 is 5.60 Å². The number of hydrogen-bond donors (Lipinski definition) is 1. The third-order valence-electron chi connectivity index (χ3n) is 3.06. The molecule has 0 fully saturated rings. The summed E-state index contributed by atoms with van der Waals surface area (Å²) >= 11 is 0. The highest BCUT2D eigenvalue weighted by Crippen LogP contribution is 2.40. The molecule has 1 aliphatic rings. The van der Waals surface area contributed by atoms with Gasteiger partial charge in [0.05, 0.1) is 0 Å². The van der Waals surface area contributed by atoms with Gasteiger partial charge in [-0.05, 0) is 24.3 Å². The molecule has 2 rings (SSSR count). The summed E-state index contributed by atoms with van der Waals surface area (Å²) in [6.07, 6.45) is 1.42. The lowest BCUT2D eigenvalue weighted by atomic mass is 9.75. The van der Waals surface area contributed by atoms with Crippen molar-refractivity contribution >= 4 is 0 Å². The van der Waals surface area contributed by atoms with Gasteiger partial charge in [0, 0.05) is 5.56 Å². The van der Waals surface area contributed by atoms with Crippen LogP contribution in [0.3, 0.4) is 0 Å². The molecule has 0 saturated heterocycles. The van der Waals surface area contributed by atoms with Gasteiger partial charge in [-0.15, -0.1) is 0 Å². The Morgan fingerprint density at radius 1 is 1.50 bits per heavy atom. The Morgan fingerprint density at radius 3 is 2.93 bits per heavy atom. The number of aliphatic hydroxyl groups is 1. The fraction of sp³-hybridized carbons (Fsp3) is 0.417. The molecule has 2 atom stereocenters. The van der Waals surface area contributed by atoms with Crippen LogP contribution in [0.15, 0.2) is 24.3 Å². The van der Waals surface area contributed by atoms with E-state index in [1.807, 2.05) is 30.3 Å². The minimum absolute atomic E-state index is 0.444. The second-order valence-corrected chi connectivity index (χ2v) is 4.00. The quantitative estimate of drug-likeness (QED) is 0.633. The van der Waals surface area contributed by atoms with Gasteiger partial charge in [-0.2, -0.15) is 5.26 Å². The van der Waals surface area contributed by atoms with E-state index in [0.717, 1.165) is 17.5 Å². The molecule has 14 heavy (non-hydrogen) atoms. The van der Waals surface area contributed by atoms with Gasteiger partial charge in [0.15, 0.2) is 5.60 Å². The molecule has 0 amide bonds. The number of benzene rings is 1. The lowest BCUT2D eigenvalue weighted by Gasteiger charge is -2.31. The number of rotatable bonds is 0. The van der Waals surface area contributed by atoms with Gasteiger partial charge >= 0.3 is 0 Å². The van der Waals surface area contributed by atoms with Crippen LogP contribution in [0.1, 0.15) is 36.8 Å². The first kappa shape index (κ1) is 9.23. The van der Waals surface area contributed by atoms with Gasteiger partial charge in [-0.3, -0.25) is 0 Å². The summed E-state index contributed by atoms with van der Waals surface area (Å²) in [5.41, 5.74) is 0.646. The van der Waals surface area contributed by atoms with E-state index in [1.165, 1.54) is 0 Å². The van der Waals surface area contributed by atoms with Crippen LogP contribution < -0.4 is 0 Å². The van der Waals surface area contributed by atoms with Gasteiger partial charge in [-0.25, -0.2) is 0 Å². The van der Waals surface area contributed by atoms with E-state index in [0.29, 0.717) is 12.3 Å². The van der Waals surface area contributed by atoms with Crippen LogP contribution in [-0.4, -0.2) is 5.11 Å². The van der Waals surface area contributed by atoms with Gasteiger partial charge < -0.3 is 5.11 Å². The summed E-state index contributed by atoms with van der Waals surface area (Å²) in [5, 5.41) is 19.1. The molecule has 72 valence electrons. The van der Waals surface area contributed by atoms with Crippen molar-refractivity contribution in [1.82, 2.24) is 0 Å². The number of hydrogen-bond acceptors (Lipinski definition) is 2. The standard InChI is InChI=1S/C12H13NO/c1-9-6-7-12(14,8-13)11-5-3-2-4-10(9)11/h2-5,9,14H,6-7H2,1H3. The van der Waals surface area contributed by atoms with Crippen LogP contribution in [-0.2, 0) is 5.60 Å². The zero-order valence-electron chi connectivity index (χ0n) is 8.20. The third-order valence-corrected chi connectivity index (χ3v) is 3.06. The van der Waals surface area contributed by atoms with E-state index in [1.54, 1.807) is 0 Å². The molecule has 2 nitrogen and oxygen atoms in total. The fourth-order valence-corrected chi connectivity index (χ4v) is 2.14. The van der Waals surface area contributed by atoms with E-state index in [4.69, 9.17) is 5.26 Å². The molecular formula is C12H13NO. The summed E-state index contributed by atoms with van der Waals surface area (Å²) in [4.78, 5) is 0. The number of fused-ring (bicyclic) bond motifs is 1. The van der Waals surface area contributed by atoms with Crippen molar-refractivity contribution in [3.8, 4) is 6.07 Å². The minimum Gasteiger partial charge on any atom is -0.371 e. The van der Waals surface area contributed by atoms with Crippen LogP contribution >= 0.6 is 0 Å². The molecule has 0 aromatic heterocycles. The highest BCUT2D eigenvalue weighted by Gasteiger charge is 2.36. The molecule has 0 aliphatic heterocycles. The summed E-state index contributed by atoms with van der Waals surface area (Å²) < 4.78 is 0. The van der Waals surface area contributed by atoms with Gasteiger partial charge in [0.1, 0.15) is 6.07 Å². The molecule has 1 aromatic rings. The Hall–Kier alpha value is -1.33. The second kappa shape index (κ2) is 3.11. The molecule has 0 heterocycles. The van der Waals surface area contributed by atoms with Gasteiger partial charge in [-0.1, -0.05) is 31.2 Å². The third kappa shape index (κ3) is 1.21. The topological polar surface area (TPSA) is 44.0 Å². The maximum absolute atomic E-state index is 10.1. The van der Waals surface area contributed by atoms with Crippen molar-refractivity contribution < 1.29 is 5.11 Å². The predicted octanol–water partition coefficient (Wildman–Crippen LogP) is 2.30. The lowest BCUT2D eigenvalue weighted by molar-refractivity contribution is 0.0743. The van der Waals surface area contributed by atoms with Crippen molar-refractivity contribution in [2.45, 2.75) is 31.3 Å². The zero-order chi connectivity index (χ0) is 10.2. The van der Waals surface area contributed by atoms with Crippen molar-refractivity contribution in [2.24, 2.45) is 0 Å². The van der Waals surface area contributed by atoms with Crippen LogP contribution in [0.5, 0.6) is 0 Å². The van der Waals surface area contributed by atoms with Crippen molar-refractivity contribution in [3.05, 3.63) is 35.4 Å². The monoisotopic (exact) mass is 187 g/mol. The average molecular weight is 187 g/mol. The highest BCUT2D eigenvalue weighted by atomic mass is 16.3. The molecule has 2 heteroatoms. The fourth-order valence-electron chi connectivity index (χ4n) is 2.14. The molecule has 0 spiro atoms.